The first-order chi connectivity index (χ1) is 22.3. The Labute approximate surface area is 270 Å². The van der Waals surface area contributed by atoms with Gasteiger partial charge in [0, 0.05) is 28.5 Å². The first-order valence-corrected chi connectivity index (χ1v) is 15.8. The van der Waals surface area contributed by atoms with E-state index >= 15 is 17.6 Å². The third-order valence-corrected chi connectivity index (χ3v) is 10.9. The van der Waals surface area contributed by atoms with Gasteiger partial charge in [0.15, 0.2) is 30.9 Å². The normalized spacial score (nSPS) is 35.9. The van der Waals surface area contributed by atoms with Crippen LogP contribution in [0.5, 0.6) is 0 Å². The van der Waals surface area contributed by atoms with Crippen molar-refractivity contribution in [3.05, 3.63) is 88.0 Å². The fourth-order valence-corrected chi connectivity index (χ4v) is 8.37. The van der Waals surface area contributed by atoms with E-state index in [-0.39, 0.29) is 37.0 Å². The third kappa shape index (κ3) is 5.27. The maximum absolute atomic E-state index is 17.2. The van der Waals surface area contributed by atoms with Crippen LogP contribution in [0.25, 0.3) is 0 Å². The number of allylic oxidation sites excluding steroid dienone is 4. The smallest absolute Gasteiger partial charge is 0.412 e. The average Bonchev–Trinajstić information content (AvgIpc) is 3.33. The molecule has 47 heavy (non-hydrogen) atoms. The monoisotopic (exact) mass is 653 g/mol. The number of aliphatic hydroxyl groups is 1. The van der Waals surface area contributed by atoms with Gasteiger partial charge in [0.25, 0.3) is 0 Å². The van der Waals surface area contributed by atoms with Crippen molar-refractivity contribution in [1.29, 1.82) is 0 Å². The van der Waals surface area contributed by atoms with Gasteiger partial charge in [-0.3, -0.25) is 10.1 Å². The van der Waals surface area contributed by atoms with E-state index in [1.54, 1.807) is 38.1 Å². The number of ketones is 1. The number of hydrogen-bond acceptors (Lipinski definition) is 4. The number of benzene rings is 2. The Hall–Kier alpha value is -3.97. The summed E-state index contributed by atoms with van der Waals surface area (Å²) in [6.07, 6.45) is -11.3. The van der Waals surface area contributed by atoms with Crippen molar-refractivity contribution in [2.75, 3.05) is 11.9 Å². The van der Waals surface area contributed by atoms with Gasteiger partial charge in [0.2, 0.25) is 0 Å². The van der Waals surface area contributed by atoms with Crippen molar-refractivity contribution in [3.63, 3.8) is 0 Å². The Morgan fingerprint density at radius 2 is 1.70 bits per heavy atom. The Bertz CT molecular complexity index is 1700. The molecule has 2 N–H and O–H groups in total. The van der Waals surface area contributed by atoms with Gasteiger partial charge in [-0.2, -0.15) is 0 Å². The van der Waals surface area contributed by atoms with E-state index in [0.717, 1.165) is 5.56 Å². The minimum Gasteiger partial charge on any atom is -0.436 e. The Morgan fingerprint density at radius 3 is 2.36 bits per heavy atom. The van der Waals surface area contributed by atoms with Gasteiger partial charge in [-0.25, -0.2) is 26.7 Å². The van der Waals surface area contributed by atoms with Gasteiger partial charge in [-0.1, -0.05) is 55.5 Å². The average molecular weight is 654 g/mol. The molecule has 0 radical (unpaired) electrons. The van der Waals surface area contributed by atoms with Crippen LogP contribution < -0.4 is 5.32 Å². The molecule has 0 heterocycles. The fraction of sp³-hybridized carbons (Fsp3) is 0.459. The second kappa shape index (κ2) is 12.2. The predicted molar refractivity (Wildman–Crippen MR) is 166 cm³/mol. The molecule has 4 aliphatic carbocycles. The van der Waals surface area contributed by atoms with Crippen molar-refractivity contribution >= 4 is 17.6 Å². The first-order valence-electron chi connectivity index (χ1n) is 15.8. The Kier molecular flexibility index (Phi) is 8.58. The van der Waals surface area contributed by atoms with Crippen molar-refractivity contribution < 1.29 is 41.4 Å². The number of anilines is 1. The second-order valence-corrected chi connectivity index (χ2v) is 13.2. The van der Waals surface area contributed by atoms with Gasteiger partial charge in [0.05, 0.1) is 5.60 Å². The lowest BCUT2D eigenvalue weighted by Gasteiger charge is -2.57. The molecule has 0 bridgehead atoms. The molecule has 0 spiro atoms. The van der Waals surface area contributed by atoms with Crippen LogP contribution in [0.1, 0.15) is 55.7 Å². The van der Waals surface area contributed by atoms with Crippen LogP contribution in [0.15, 0.2) is 71.3 Å². The number of alkyl halides is 5. The standard InChI is InChI=1S/C37H36F5NO4/c1-4-37(46)16-15-24-28-29(27-23(30(38)33(28)41)18-25(44)31(39)32(27)40)26(34(42)36(24,37)3)21-11-9-20(10-12-21)6-5-17-47-35(45)43-22-13-7-19(2)8-14-22/h7-14,18,24,26,28,30-34,46H,4,15-17H2,1-3H3,(H,43,45)/t24-,26+,28-,30?,31?,32?,33?,34?,36+,37-/m0/s1. The zero-order chi connectivity index (χ0) is 33.8. The van der Waals surface area contributed by atoms with Crippen LogP contribution >= 0.6 is 0 Å². The van der Waals surface area contributed by atoms with E-state index in [4.69, 9.17) is 4.74 Å². The molecule has 5 unspecified atom stereocenters. The highest BCUT2D eigenvalue weighted by molar-refractivity contribution is 5.98. The zero-order valence-corrected chi connectivity index (χ0v) is 26.2. The number of carbonyl (C=O) groups is 2. The molecular formula is C37H36F5NO4. The van der Waals surface area contributed by atoms with Crippen molar-refractivity contribution in [1.82, 2.24) is 0 Å². The highest BCUT2D eigenvalue weighted by Crippen LogP contribution is 2.68. The lowest BCUT2D eigenvalue weighted by Crippen LogP contribution is -2.61. The van der Waals surface area contributed by atoms with E-state index in [1.165, 1.54) is 12.1 Å². The van der Waals surface area contributed by atoms with E-state index in [9.17, 15) is 19.1 Å². The van der Waals surface area contributed by atoms with Gasteiger partial charge in [0.1, 0.15) is 12.3 Å². The maximum Gasteiger partial charge on any atom is 0.412 e. The first kappa shape index (κ1) is 33.0. The highest BCUT2D eigenvalue weighted by Gasteiger charge is 2.70. The van der Waals surface area contributed by atoms with Crippen LogP contribution in [0.3, 0.4) is 0 Å². The summed E-state index contributed by atoms with van der Waals surface area (Å²) in [5, 5.41) is 14.3. The molecule has 2 aromatic carbocycles. The SMILES string of the molecule is CC[C@]1(O)CC[C@H]2[C@H]3C(=C4C(=CC(=O)C(F)C4F)C(F)C3F)[C@@H](c3ccc(C#CCOC(=O)Nc4ccc(C)cc4)cc3)C(F)[C@@]21C. The summed E-state index contributed by atoms with van der Waals surface area (Å²) in [6.45, 7) is 4.95. The Morgan fingerprint density at radius 1 is 1.02 bits per heavy atom. The minimum atomic E-state index is -2.62. The van der Waals surface area contributed by atoms with E-state index < -0.39 is 82.7 Å². The zero-order valence-electron chi connectivity index (χ0n) is 26.2. The van der Waals surface area contributed by atoms with Crippen LogP contribution in [0.2, 0.25) is 0 Å². The highest BCUT2D eigenvalue weighted by atomic mass is 19.2. The molecular weight excluding hydrogens is 617 g/mol. The van der Waals surface area contributed by atoms with Crippen molar-refractivity contribution in [2.45, 2.75) is 82.4 Å². The molecule has 2 aromatic rings. The molecule has 0 saturated heterocycles. The quantitative estimate of drug-likeness (QED) is 0.267. The minimum absolute atomic E-state index is 0.0811. The number of ether oxygens (including phenoxy) is 1. The van der Waals surface area contributed by atoms with Crippen molar-refractivity contribution in [3.8, 4) is 11.8 Å². The van der Waals surface area contributed by atoms with Gasteiger partial charge in [-0.15, -0.1) is 0 Å². The molecule has 0 aromatic heterocycles. The summed E-state index contributed by atoms with van der Waals surface area (Å²) < 4.78 is 84.8. The summed E-state index contributed by atoms with van der Waals surface area (Å²) in [4.78, 5) is 24.2. The number of fused-ring (bicyclic) bond motifs is 4. The molecule has 10 atom stereocenters. The van der Waals surface area contributed by atoms with E-state index in [0.29, 0.717) is 17.3 Å². The lowest BCUT2D eigenvalue weighted by atomic mass is 9.49. The summed E-state index contributed by atoms with van der Waals surface area (Å²) in [7, 11) is 0. The number of rotatable bonds is 4. The number of hydrogen-bond donors (Lipinski definition) is 2. The van der Waals surface area contributed by atoms with Crippen LogP contribution in [-0.2, 0) is 9.53 Å². The van der Waals surface area contributed by atoms with Crippen LogP contribution in [0.4, 0.5) is 32.4 Å². The summed E-state index contributed by atoms with van der Waals surface area (Å²) in [5.41, 5.74) is -1.83. The molecule has 248 valence electrons. The lowest BCUT2D eigenvalue weighted by molar-refractivity contribution is -0.143. The third-order valence-electron chi connectivity index (χ3n) is 10.9. The Balaban J connectivity index is 1.33. The molecule has 6 rings (SSSR count). The summed E-state index contributed by atoms with van der Waals surface area (Å²) in [5.74, 6) is 0.714. The largest absolute Gasteiger partial charge is 0.436 e. The second-order valence-electron chi connectivity index (χ2n) is 13.2. The van der Waals surface area contributed by atoms with Crippen LogP contribution in [-0.4, -0.2) is 60.0 Å². The van der Waals surface area contributed by atoms with E-state index in [2.05, 4.69) is 17.2 Å². The number of amides is 1. The van der Waals surface area contributed by atoms with Gasteiger partial charge < -0.3 is 9.84 Å². The molecule has 10 heteroatoms. The van der Waals surface area contributed by atoms with Gasteiger partial charge in [-0.05, 0) is 84.7 Å². The predicted octanol–water partition coefficient (Wildman–Crippen LogP) is 7.38. The number of nitrogens with one attached hydrogen (secondary N) is 1. The van der Waals surface area contributed by atoms with Crippen LogP contribution in [0, 0.1) is 36.0 Å². The molecule has 5 nitrogen and oxygen atoms in total. The summed E-state index contributed by atoms with van der Waals surface area (Å²) in [6, 6.07) is 13.4. The number of aryl methyl sites for hydroxylation is 1. The molecule has 2 fully saturated rings. The molecule has 1 amide bonds. The summed E-state index contributed by atoms with van der Waals surface area (Å²) >= 11 is 0. The number of halogens is 5. The molecule has 2 saturated carbocycles. The van der Waals surface area contributed by atoms with E-state index in [1.807, 2.05) is 19.1 Å². The molecule has 4 aliphatic rings. The maximum atomic E-state index is 17.2. The topological polar surface area (TPSA) is 75.6 Å². The number of carbonyl (C=O) groups excluding carboxylic acids is 2. The van der Waals surface area contributed by atoms with Gasteiger partial charge >= 0.3 is 6.09 Å². The fourth-order valence-electron chi connectivity index (χ4n) is 8.37. The van der Waals surface area contributed by atoms with Crippen molar-refractivity contribution in [2.24, 2.45) is 17.3 Å². The molecule has 0 aliphatic heterocycles.